The SMILES string of the molecule is CCc1sc2c(N)cccc2c1C=O. The van der Waals surface area contributed by atoms with Crippen molar-refractivity contribution in [2.24, 2.45) is 0 Å². The molecule has 2 rings (SSSR count). The molecule has 0 fully saturated rings. The van der Waals surface area contributed by atoms with Gasteiger partial charge in [-0.25, -0.2) is 0 Å². The molecule has 0 bridgehead atoms. The molecule has 3 heteroatoms. The van der Waals surface area contributed by atoms with Gasteiger partial charge >= 0.3 is 0 Å². The second kappa shape index (κ2) is 3.42. The van der Waals surface area contributed by atoms with Gasteiger partial charge in [-0.05, 0) is 12.5 Å². The van der Waals surface area contributed by atoms with Gasteiger partial charge in [0.05, 0.1) is 4.70 Å². The van der Waals surface area contributed by atoms with Gasteiger partial charge in [-0.2, -0.15) is 0 Å². The zero-order chi connectivity index (χ0) is 10.1. The first-order chi connectivity index (χ1) is 6.77. The number of nitrogens with two attached hydrogens (primary N) is 1. The maximum absolute atomic E-state index is 10.9. The van der Waals surface area contributed by atoms with Crippen LogP contribution in [0.4, 0.5) is 5.69 Å². The van der Waals surface area contributed by atoms with E-state index < -0.39 is 0 Å². The van der Waals surface area contributed by atoms with E-state index in [4.69, 9.17) is 5.73 Å². The molecule has 1 heterocycles. The number of aldehydes is 1. The molecular formula is C11H11NOS. The van der Waals surface area contributed by atoms with E-state index in [-0.39, 0.29) is 0 Å². The maximum atomic E-state index is 10.9. The summed E-state index contributed by atoms with van der Waals surface area (Å²) in [6.45, 7) is 2.05. The van der Waals surface area contributed by atoms with E-state index in [9.17, 15) is 4.79 Å². The van der Waals surface area contributed by atoms with E-state index in [0.717, 1.165) is 38.9 Å². The number of benzene rings is 1. The van der Waals surface area contributed by atoms with Gasteiger partial charge in [0.15, 0.2) is 6.29 Å². The summed E-state index contributed by atoms with van der Waals surface area (Å²) in [6.07, 6.45) is 1.81. The molecule has 0 aliphatic heterocycles. The number of rotatable bonds is 2. The van der Waals surface area contributed by atoms with Gasteiger partial charge in [-0.3, -0.25) is 4.79 Å². The van der Waals surface area contributed by atoms with Crippen molar-refractivity contribution >= 4 is 33.4 Å². The lowest BCUT2D eigenvalue weighted by Gasteiger charge is -1.93. The summed E-state index contributed by atoms with van der Waals surface area (Å²) in [4.78, 5) is 12.1. The Morgan fingerprint density at radius 2 is 2.29 bits per heavy atom. The molecule has 0 saturated heterocycles. The Balaban J connectivity index is 2.86. The average molecular weight is 205 g/mol. The van der Waals surface area contributed by atoms with Crippen LogP contribution in [0.3, 0.4) is 0 Å². The van der Waals surface area contributed by atoms with Crippen molar-refractivity contribution in [2.45, 2.75) is 13.3 Å². The molecule has 2 N–H and O–H groups in total. The van der Waals surface area contributed by atoms with Crippen LogP contribution in [0, 0.1) is 0 Å². The second-order valence-corrected chi connectivity index (χ2v) is 4.24. The molecule has 0 saturated carbocycles. The fourth-order valence-corrected chi connectivity index (χ4v) is 2.73. The van der Waals surface area contributed by atoms with E-state index >= 15 is 0 Å². The van der Waals surface area contributed by atoms with E-state index in [1.807, 2.05) is 25.1 Å². The number of carbonyl (C=O) groups excluding carboxylic acids is 1. The number of hydrogen-bond donors (Lipinski definition) is 1. The first kappa shape index (κ1) is 9.21. The fourth-order valence-electron chi connectivity index (χ4n) is 1.60. The lowest BCUT2D eigenvalue weighted by atomic mass is 10.1. The van der Waals surface area contributed by atoms with Crippen molar-refractivity contribution in [1.29, 1.82) is 0 Å². The van der Waals surface area contributed by atoms with E-state index in [0.29, 0.717) is 0 Å². The summed E-state index contributed by atoms with van der Waals surface area (Å²) >= 11 is 1.62. The molecule has 0 aliphatic carbocycles. The Morgan fingerprint density at radius 1 is 1.50 bits per heavy atom. The molecule has 2 aromatic rings. The molecule has 0 atom stereocenters. The summed E-state index contributed by atoms with van der Waals surface area (Å²) in [5.74, 6) is 0. The normalized spacial score (nSPS) is 10.6. The number of anilines is 1. The Labute approximate surface area is 86.3 Å². The fraction of sp³-hybridized carbons (Fsp3) is 0.182. The second-order valence-electron chi connectivity index (χ2n) is 3.13. The van der Waals surface area contributed by atoms with Gasteiger partial charge in [0.25, 0.3) is 0 Å². The standard InChI is InChI=1S/C11H11NOS/c1-2-10-8(6-13)7-4-3-5-9(12)11(7)14-10/h3-6H,2,12H2,1H3. The predicted octanol–water partition coefficient (Wildman–Crippen LogP) is 2.86. The van der Waals surface area contributed by atoms with Crippen LogP contribution in [0.25, 0.3) is 10.1 Å². The minimum absolute atomic E-state index is 0.760. The molecule has 1 aromatic carbocycles. The van der Waals surface area contributed by atoms with E-state index in [1.54, 1.807) is 11.3 Å². The van der Waals surface area contributed by atoms with Crippen LogP contribution in [0.15, 0.2) is 18.2 Å². The summed E-state index contributed by atoms with van der Waals surface area (Å²) in [5, 5.41) is 0.988. The van der Waals surface area contributed by atoms with Crippen molar-refractivity contribution in [1.82, 2.24) is 0 Å². The molecule has 0 amide bonds. The van der Waals surface area contributed by atoms with E-state index in [2.05, 4.69) is 0 Å². The minimum atomic E-state index is 0.760. The Kier molecular flexibility index (Phi) is 2.25. The molecule has 1 aromatic heterocycles. The first-order valence-corrected chi connectivity index (χ1v) is 5.34. The topological polar surface area (TPSA) is 43.1 Å². The van der Waals surface area contributed by atoms with Gasteiger partial charge < -0.3 is 5.73 Å². The molecule has 0 unspecified atom stereocenters. The monoisotopic (exact) mass is 205 g/mol. The summed E-state index contributed by atoms with van der Waals surface area (Å²) in [7, 11) is 0. The van der Waals surface area contributed by atoms with Crippen LogP contribution in [0.2, 0.25) is 0 Å². The van der Waals surface area contributed by atoms with Crippen molar-refractivity contribution in [2.75, 3.05) is 5.73 Å². The summed E-state index contributed by atoms with van der Waals surface area (Å²) in [5.41, 5.74) is 7.41. The van der Waals surface area contributed by atoms with Crippen LogP contribution in [0.5, 0.6) is 0 Å². The summed E-state index contributed by atoms with van der Waals surface area (Å²) in [6, 6.07) is 5.70. The smallest absolute Gasteiger partial charge is 0.151 e. The zero-order valence-corrected chi connectivity index (χ0v) is 8.73. The molecule has 0 radical (unpaired) electrons. The molecule has 0 spiro atoms. The van der Waals surface area contributed by atoms with Crippen LogP contribution in [0.1, 0.15) is 22.2 Å². The van der Waals surface area contributed by atoms with Crippen molar-refractivity contribution in [3.05, 3.63) is 28.6 Å². The van der Waals surface area contributed by atoms with Crippen LogP contribution in [-0.4, -0.2) is 6.29 Å². The highest BCUT2D eigenvalue weighted by Gasteiger charge is 2.10. The van der Waals surface area contributed by atoms with Crippen LogP contribution >= 0.6 is 11.3 Å². The average Bonchev–Trinajstić information content (AvgIpc) is 2.57. The predicted molar refractivity (Wildman–Crippen MR) is 61.0 cm³/mol. The van der Waals surface area contributed by atoms with Gasteiger partial charge in [-0.15, -0.1) is 11.3 Å². The van der Waals surface area contributed by atoms with Gasteiger partial charge in [0.1, 0.15) is 0 Å². The van der Waals surface area contributed by atoms with Gasteiger partial charge in [0.2, 0.25) is 0 Å². The third kappa shape index (κ3) is 1.21. The molecule has 0 aliphatic rings. The lowest BCUT2D eigenvalue weighted by Crippen LogP contribution is -1.85. The first-order valence-electron chi connectivity index (χ1n) is 4.53. The van der Waals surface area contributed by atoms with Gasteiger partial charge in [-0.1, -0.05) is 19.1 Å². The maximum Gasteiger partial charge on any atom is 0.151 e. The Bertz CT molecular complexity index is 487. The molecule has 14 heavy (non-hydrogen) atoms. The number of hydrogen-bond acceptors (Lipinski definition) is 3. The number of fused-ring (bicyclic) bond motifs is 1. The lowest BCUT2D eigenvalue weighted by molar-refractivity contribution is 0.112. The zero-order valence-electron chi connectivity index (χ0n) is 7.91. The van der Waals surface area contributed by atoms with Crippen molar-refractivity contribution < 1.29 is 4.79 Å². The Hall–Kier alpha value is -1.35. The van der Waals surface area contributed by atoms with Crippen LogP contribution in [-0.2, 0) is 6.42 Å². The highest BCUT2D eigenvalue weighted by atomic mass is 32.1. The third-order valence-electron chi connectivity index (χ3n) is 2.30. The molecule has 72 valence electrons. The number of carbonyl (C=O) groups is 1. The largest absolute Gasteiger partial charge is 0.398 e. The molecule has 2 nitrogen and oxygen atoms in total. The Morgan fingerprint density at radius 3 is 2.93 bits per heavy atom. The minimum Gasteiger partial charge on any atom is -0.398 e. The quantitative estimate of drug-likeness (QED) is 0.605. The highest BCUT2D eigenvalue weighted by molar-refractivity contribution is 7.20. The van der Waals surface area contributed by atoms with Crippen molar-refractivity contribution in [3.8, 4) is 0 Å². The number of aryl methyl sites for hydroxylation is 1. The molecular weight excluding hydrogens is 194 g/mol. The highest BCUT2D eigenvalue weighted by Crippen LogP contribution is 2.34. The van der Waals surface area contributed by atoms with Gasteiger partial charge in [0, 0.05) is 21.5 Å². The third-order valence-corrected chi connectivity index (χ3v) is 3.72. The summed E-state index contributed by atoms with van der Waals surface area (Å²) < 4.78 is 1.03. The number of thiophene rings is 1. The number of nitrogen functional groups attached to an aromatic ring is 1. The van der Waals surface area contributed by atoms with Crippen molar-refractivity contribution in [3.63, 3.8) is 0 Å². The van der Waals surface area contributed by atoms with Crippen LogP contribution < -0.4 is 5.73 Å². The van der Waals surface area contributed by atoms with E-state index in [1.165, 1.54) is 0 Å².